The number of cyclic esters (lactones) is 1. The SMILES string of the molecule is CC(C)(C)[C@H]1OC(=O)[C@](c2ccccc2)([C@@H]2CCC(F)(F)C2)O1. The topological polar surface area (TPSA) is 35.5 Å². The zero-order valence-electron chi connectivity index (χ0n) is 13.6. The van der Waals surface area contributed by atoms with Crippen molar-refractivity contribution < 1.29 is 23.0 Å². The Kier molecular flexibility index (Phi) is 3.75. The van der Waals surface area contributed by atoms with Gasteiger partial charge in [0, 0.05) is 24.2 Å². The molecule has 3 atom stereocenters. The number of benzene rings is 1. The molecule has 1 heterocycles. The Bertz CT molecular complexity index is 594. The summed E-state index contributed by atoms with van der Waals surface area (Å²) in [5.74, 6) is -3.89. The number of esters is 1. The molecule has 1 aromatic rings. The molecule has 3 rings (SSSR count). The standard InChI is InChI=1S/C18H22F2O3/c1-16(2,3)15-22-14(21)18(23-15,12-7-5-4-6-8-12)13-9-10-17(19,20)11-13/h4-8,13,15H,9-11H2,1-3H3/t13-,15+,18+/m1/s1. The van der Waals surface area contributed by atoms with E-state index in [1.165, 1.54) is 0 Å². The Balaban J connectivity index is 2.04. The minimum atomic E-state index is -2.75. The lowest BCUT2D eigenvalue weighted by Crippen LogP contribution is -2.42. The summed E-state index contributed by atoms with van der Waals surface area (Å²) in [4.78, 5) is 12.8. The molecule has 1 aliphatic heterocycles. The third-order valence-electron chi connectivity index (χ3n) is 4.70. The molecular formula is C18H22F2O3. The molecule has 0 bridgehead atoms. The lowest BCUT2D eigenvalue weighted by atomic mass is 9.80. The Hall–Kier alpha value is -1.49. The van der Waals surface area contributed by atoms with Crippen LogP contribution in [0.15, 0.2) is 30.3 Å². The van der Waals surface area contributed by atoms with E-state index in [9.17, 15) is 13.6 Å². The monoisotopic (exact) mass is 324 g/mol. The highest BCUT2D eigenvalue weighted by atomic mass is 19.3. The number of rotatable bonds is 2. The van der Waals surface area contributed by atoms with Crippen LogP contribution in [0.1, 0.15) is 45.6 Å². The summed E-state index contributed by atoms with van der Waals surface area (Å²) in [5.41, 5.74) is -1.26. The fourth-order valence-electron chi connectivity index (χ4n) is 3.45. The van der Waals surface area contributed by atoms with E-state index in [2.05, 4.69) is 0 Å². The maximum atomic E-state index is 13.8. The Morgan fingerprint density at radius 2 is 1.83 bits per heavy atom. The van der Waals surface area contributed by atoms with Gasteiger partial charge in [-0.3, -0.25) is 0 Å². The molecule has 0 amide bonds. The number of hydrogen-bond donors (Lipinski definition) is 0. The zero-order chi connectivity index (χ0) is 16.9. The lowest BCUT2D eigenvalue weighted by Gasteiger charge is -2.33. The van der Waals surface area contributed by atoms with Crippen LogP contribution in [-0.4, -0.2) is 18.2 Å². The van der Waals surface area contributed by atoms with E-state index in [4.69, 9.17) is 9.47 Å². The molecule has 1 aromatic carbocycles. The minimum absolute atomic E-state index is 0.219. The number of alkyl halides is 2. The van der Waals surface area contributed by atoms with Crippen molar-refractivity contribution in [2.24, 2.45) is 11.3 Å². The van der Waals surface area contributed by atoms with E-state index < -0.39 is 35.1 Å². The van der Waals surface area contributed by atoms with Gasteiger partial charge in [0.05, 0.1) is 0 Å². The number of ether oxygens (including phenoxy) is 2. The van der Waals surface area contributed by atoms with E-state index in [1.54, 1.807) is 24.3 Å². The molecule has 0 N–H and O–H groups in total. The molecule has 2 aliphatic rings. The normalized spacial score (nSPS) is 33.7. The summed E-state index contributed by atoms with van der Waals surface area (Å²) in [6.45, 7) is 5.69. The first-order chi connectivity index (χ1) is 10.7. The molecule has 0 radical (unpaired) electrons. The third kappa shape index (κ3) is 2.75. The Morgan fingerprint density at radius 3 is 2.30 bits per heavy atom. The van der Waals surface area contributed by atoms with Crippen LogP contribution in [0.2, 0.25) is 0 Å². The van der Waals surface area contributed by atoms with Crippen LogP contribution >= 0.6 is 0 Å². The number of carbonyl (C=O) groups excluding carboxylic acids is 1. The average molecular weight is 324 g/mol. The van der Waals surface area contributed by atoms with Gasteiger partial charge in [-0.05, 0) is 12.0 Å². The van der Waals surface area contributed by atoms with E-state index in [0.717, 1.165) is 0 Å². The molecule has 1 saturated carbocycles. The van der Waals surface area contributed by atoms with Crippen molar-refractivity contribution >= 4 is 5.97 Å². The number of carbonyl (C=O) groups is 1. The van der Waals surface area contributed by atoms with Crippen LogP contribution in [0.5, 0.6) is 0 Å². The highest BCUT2D eigenvalue weighted by Crippen LogP contribution is 2.53. The third-order valence-corrected chi connectivity index (χ3v) is 4.70. The first kappa shape index (κ1) is 16.4. The zero-order valence-corrected chi connectivity index (χ0v) is 13.6. The van der Waals surface area contributed by atoms with Gasteiger partial charge in [-0.2, -0.15) is 0 Å². The maximum absolute atomic E-state index is 13.8. The highest BCUT2D eigenvalue weighted by molar-refractivity contribution is 5.83. The maximum Gasteiger partial charge on any atom is 0.345 e. The Morgan fingerprint density at radius 1 is 1.17 bits per heavy atom. The predicted molar refractivity (Wildman–Crippen MR) is 80.8 cm³/mol. The Labute approximate surface area is 135 Å². The minimum Gasteiger partial charge on any atom is -0.433 e. The summed E-state index contributed by atoms with van der Waals surface area (Å²) < 4.78 is 39.1. The molecule has 0 unspecified atom stereocenters. The van der Waals surface area contributed by atoms with Crippen molar-refractivity contribution in [3.05, 3.63) is 35.9 Å². The van der Waals surface area contributed by atoms with Crippen molar-refractivity contribution in [1.29, 1.82) is 0 Å². The van der Waals surface area contributed by atoms with Crippen LogP contribution < -0.4 is 0 Å². The van der Waals surface area contributed by atoms with E-state index in [0.29, 0.717) is 5.56 Å². The molecule has 126 valence electrons. The number of halogens is 2. The first-order valence-corrected chi connectivity index (χ1v) is 7.97. The smallest absolute Gasteiger partial charge is 0.345 e. The summed E-state index contributed by atoms with van der Waals surface area (Å²) in [6, 6.07) is 8.89. The average Bonchev–Trinajstić information content (AvgIpc) is 3.00. The van der Waals surface area contributed by atoms with Crippen LogP contribution in [0, 0.1) is 11.3 Å². The van der Waals surface area contributed by atoms with Crippen molar-refractivity contribution in [3.63, 3.8) is 0 Å². The fraction of sp³-hybridized carbons (Fsp3) is 0.611. The van der Waals surface area contributed by atoms with Crippen molar-refractivity contribution in [2.45, 2.75) is 57.8 Å². The van der Waals surface area contributed by atoms with Gasteiger partial charge < -0.3 is 9.47 Å². The van der Waals surface area contributed by atoms with Crippen LogP contribution in [-0.2, 0) is 19.9 Å². The van der Waals surface area contributed by atoms with Crippen LogP contribution in [0.25, 0.3) is 0 Å². The van der Waals surface area contributed by atoms with Gasteiger partial charge in [-0.1, -0.05) is 51.1 Å². The quantitative estimate of drug-likeness (QED) is 0.762. The molecule has 1 saturated heterocycles. The molecule has 2 fully saturated rings. The second kappa shape index (κ2) is 5.26. The molecule has 0 aromatic heterocycles. The first-order valence-electron chi connectivity index (χ1n) is 7.97. The van der Waals surface area contributed by atoms with E-state index >= 15 is 0 Å². The lowest BCUT2D eigenvalue weighted by molar-refractivity contribution is -0.163. The van der Waals surface area contributed by atoms with E-state index in [1.807, 2.05) is 26.8 Å². The van der Waals surface area contributed by atoms with Crippen molar-refractivity contribution in [1.82, 2.24) is 0 Å². The molecule has 23 heavy (non-hydrogen) atoms. The van der Waals surface area contributed by atoms with Crippen molar-refractivity contribution in [3.8, 4) is 0 Å². The largest absolute Gasteiger partial charge is 0.433 e. The van der Waals surface area contributed by atoms with Gasteiger partial charge in [-0.25, -0.2) is 13.6 Å². The van der Waals surface area contributed by atoms with Crippen molar-refractivity contribution in [2.75, 3.05) is 0 Å². The summed E-state index contributed by atoms with van der Waals surface area (Å²) in [6.07, 6.45) is -1.07. The fourth-order valence-corrected chi connectivity index (χ4v) is 3.45. The second-order valence-corrected chi connectivity index (χ2v) is 7.62. The van der Waals surface area contributed by atoms with Gasteiger partial charge in [-0.15, -0.1) is 0 Å². The summed E-state index contributed by atoms with van der Waals surface area (Å²) in [5, 5.41) is 0. The predicted octanol–water partition coefficient (Wildman–Crippen LogP) is 4.26. The molecule has 3 nitrogen and oxygen atoms in total. The second-order valence-electron chi connectivity index (χ2n) is 7.62. The molecular weight excluding hydrogens is 302 g/mol. The summed E-state index contributed by atoms with van der Waals surface area (Å²) in [7, 11) is 0. The van der Waals surface area contributed by atoms with Gasteiger partial charge in [0.25, 0.3) is 0 Å². The summed E-state index contributed by atoms with van der Waals surface area (Å²) >= 11 is 0. The molecule has 1 aliphatic carbocycles. The van der Waals surface area contributed by atoms with Crippen LogP contribution in [0.3, 0.4) is 0 Å². The van der Waals surface area contributed by atoms with Gasteiger partial charge >= 0.3 is 5.97 Å². The van der Waals surface area contributed by atoms with Crippen LogP contribution in [0.4, 0.5) is 8.78 Å². The number of hydrogen-bond acceptors (Lipinski definition) is 3. The highest BCUT2D eigenvalue weighted by Gasteiger charge is 2.62. The van der Waals surface area contributed by atoms with E-state index in [-0.39, 0.29) is 19.3 Å². The van der Waals surface area contributed by atoms with Gasteiger partial charge in [0.1, 0.15) is 0 Å². The van der Waals surface area contributed by atoms with Gasteiger partial charge in [0.15, 0.2) is 5.60 Å². The molecule has 5 heteroatoms. The molecule has 0 spiro atoms. The van der Waals surface area contributed by atoms with Gasteiger partial charge in [0.2, 0.25) is 12.2 Å².